The molecule has 0 bridgehead atoms. The fraction of sp³-hybridized carbons (Fsp3) is 0.0857. The summed E-state index contributed by atoms with van der Waals surface area (Å²) in [5, 5.41) is 11.3. The van der Waals surface area contributed by atoms with Crippen molar-refractivity contribution in [1.29, 1.82) is 0 Å². The van der Waals surface area contributed by atoms with E-state index >= 15 is 0 Å². The van der Waals surface area contributed by atoms with Crippen molar-refractivity contribution in [1.82, 2.24) is 10.3 Å². The number of anilines is 2. The molecular formula is C35H29ClN4O5S2. The van der Waals surface area contributed by atoms with E-state index in [1.165, 1.54) is 36.3 Å². The minimum absolute atomic E-state index is 0.000592. The highest BCUT2D eigenvalue weighted by molar-refractivity contribution is 8.00. The third-order valence-corrected chi connectivity index (χ3v) is 8.71. The number of hydrogen-bond donors (Lipinski definition) is 3. The number of carbonyl (C=O) groups is 3. The number of amides is 3. The number of hydrogen-bond acceptors (Lipinski definition) is 8. The van der Waals surface area contributed by atoms with Gasteiger partial charge in [0.05, 0.1) is 25.7 Å². The molecule has 238 valence electrons. The number of halogens is 1. The molecule has 0 aliphatic carbocycles. The molecule has 0 atom stereocenters. The van der Waals surface area contributed by atoms with Gasteiger partial charge in [0.15, 0.2) is 5.13 Å². The van der Waals surface area contributed by atoms with Gasteiger partial charge >= 0.3 is 0 Å². The van der Waals surface area contributed by atoms with Crippen molar-refractivity contribution in [2.75, 3.05) is 30.6 Å². The van der Waals surface area contributed by atoms with Gasteiger partial charge in [-0.2, -0.15) is 0 Å². The Morgan fingerprint density at radius 1 is 0.894 bits per heavy atom. The van der Waals surface area contributed by atoms with Gasteiger partial charge in [0.2, 0.25) is 5.91 Å². The zero-order valence-corrected chi connectivity index (χ0v) is 27.7. The van der Waals surface area contributed by atoms with Crippen molar-refractivity contribution >= 4 is 69.3 Å². The first-order valence-electron chi connectivity index (χ1n) is 14.2. The maximum atomic E-state index is 13.6. The summed E-state index contributed by atoms with van der Waals surface area (Å²) in [5.74, 6) is -0.0765. The highest BCUT2D eigenvalue weighted by Gasteiger charge is 2.17. The topological polar surface area (TPSA) is 119 Å². The number of benzene rings is 4. The molecule has 0 saturated carbocycles. The molecule has 3 amide bonds. The number of nitrogens with one attached hydrogen (secondary N) is 3. The first-order valence-corrected chi connectivity index (χ1v) is 16.4. The number of ether oxygens (including phenoxy) is 2. The Morgan fingerprint density at radius 3 is 2.45 bits per heavy atom. The Kier molecular flexibility index (Phi) is 11.3. The molecule has 3 N–H and O–H groups in total. The fourth-order valence-corrected chi connectivity index (χ4v) is 6.04. The molecule has 1 heterocycles. The Morgan fingerprint density at radius 2 is 1.68 bits per heavy atom. The molecule has 0 spiro atoms. The second-order valence-electron chi connectivity index (χ2n) is 9.82. The monoisotopic (exact) mass is 684 g/mol. The molecule has 5 aromatic rings. The van der Waals surface area contributed by atoms with E-state index in [0.717, 1.165) is 10.5 Å². The molecule has 1 aromatic heterocycles. The number of methoxy groups -OCH3 is 2. The maximum absolute atomic E-state index is 13.6. The van der Waals surface area contributed by atoms with Gasteiger partial charge in [0.25, 0.3) is 11.8 Å². The SMILES string of the molecule is COc1ccc(/C=C(/NC(=O)c2ccccc2)C(=O)Nc2cccc(SCC(=O)Nc3nc(-c4ccccc4Cl)cs3)c2)c(OC)c1. The van der Waals surface area contributed by atoms with Gasteiger partial charge in [-0.05, 0) is 54.6 Å². The van der Waals surface area contributed by atoms with Crippen LogP contribution in [0.25, 0.3) is 17.3 Å². The molecular weight excluding hydrogens is 656 g/mol. The molecule has 5 rings (SSSR count). The first-order chi connectivity index (χ1) is 22.8. The number of rotatable bonds is 12. The van der Waals surface area contributed by atoms with Crippen molar-refractivity contribution in [2.45, 2.75) is 4.90 Å². The molecule has 4 aromatic carbocycles. The van der Waals surface area contributed by atoms with Gasteiger partial charge in [-0.25, -0.2) is 4.98 Å². The summed E-state index contributed by atoms with van der Waals surface area (Å²) in [6, 6.07) is 28.2. The average Bonchev–Trinajstić information content (AvgIpc) is 3.55. The predicted octanol–water partition coefficient (Wildman–Crippen LogP) is 7.62. The molecule has 0 fully saturated rings. The number of carbonyl (C=O) groups excluding carboxylic acids is 3. The number of thioether (sulfide) groups is 1. The van der Waals surface area contributed by atoms with Gasteiger partial charge in [-0.1, -0.05) is 54.1 Å². The van der Waals surface area contributed by atoms with Crippen LogP contribution in [0, 0.1) is 0 Å². The van der Waals surface area contributed by atoms with Gasteiger partial charge in [-0.3, -0.25) is 14.4 Å². The lowest BCUT2D eigenvalue weighted by atomic mass is 10.1. The van der Waals surface area contributed by atoms with E-state index in [-0.39, 0.29) is 17.4 Å². The van der Waals surface area contributed by atoms with Crippen LogP contribution in [0.15, 0.2) is 113 Å². The second kappa shape index (κ2) is 15.9. The second-order valence-corrected chi connectivity index (χ2v) is 12.1. The maximum Gasteiger partial charge on any atom is 0.272 e. The van der Waals surface area contributed by atoms with Crippen LogP contribution in [0.2, 0.25) is 5.02 Å². The van der Waals surface area contributed by atoms with E-state index in [1.807, 2.05) is 29.6 Å². The van der Waals surface area contributed by atoms with Crippen LogP contribution in [0.3, 0.4) is 0 Å². The Bertz CT molecular complexity index is 1930. The molecule has 12 heteroatoms. The fourth-order valence-electron chi connectivity index (χ4n) is 4.33. The smallest absolute Gasteiger partial charge is 0.272 e. The van der Waals surface area contributed by atoms with E-state index in [1.54, 1.807) is 79.9 Å². The van der Waals surface area contributed by atoms with Crippen molar-refractivity contribution in [3.63, 3.8) is 0 Å². The third kappa shape index (κ3) is 9.01. The molecule has 9 nitrogen and oxygen atoms in total. The lowest BCUT2D eigenvalue weighted by molar-refractivity contribution is -0.114. The predicted molar refractivity (Wildman–Crippen MR) is 188 cm³/mol. The van der Waals surface area contributed by atoms with E-state index in [0.29, 0.717) is 44.2 Å². The van der Waals surface area contributed by atoms with Gasteiger partial charge < -0.3 is 25.4 Å². The summed E-state index contributed by atoms with van der Waals surface area (Å²) < 4.78 is 10.8. The summed E-state index contributed by atoms with van der Waals surface area (Å²) in [7, 11) is 3.05. The number of nitrogens with zero attached hydrogens (tertiary/aromatic N) is 1. The standard InChI is InChI=1S/C35H29ClN4O5S2/c1-44-25-16-15-23(31(19-25)45-2)17-29(38-33(42)22-9-4-3-5-10-22)34(43)37-24-11-8-12-26(18-24)46-21-32(41)40-35-39-30(20-47-35)27-13-6-7-14-28(27)36/h3-20H,21H2,1-2H3,(H,37,43)(H,38,42)(H,39,40,41)/b29-17+. The van der Waals surface area contributed by atoms with E-state index < -0.39 is 11.8 Å². The average molecular weight is 685 g/mol. The summed E-state index contributed by atoms with van der Waals surface area (Å²) in [5.41, 5.74) is 2.90. The van der Waals surface area contributed by atoms with Crippen LogP contribution in [0.5, 0.6) is 11.5 Å². The van der Waals surface area contributed by atoms with Crippen molar-refractivity contribution in [3.8, 4) is 22.8 Å². The van der Waals surface area contributed by atoms with Crippen LogP contribution in [-0.4, -0.2) is 42.7 Å². The summed E-state index contributed by atoms with van der Waals surface area (Å²) >= 11 is 8.89. The Labute approximate surface area is 285 Å². The highest BCUT2D eigenvalue weighted by Crippen LogP contribution is 2.31. The van der Waals surface area contributed by atoms with Gasteiger partial charge in [0.1, 0.15) is 17.2 Å². The minimum Gasteiger partial charge on any atom is -0.497 e. The van der Waals surface area contributed by atoms with Crippen LogP contribution in [0.1, 0.15) is 15.9 Å². The van der Waals surface area contributed by atoms with E-state index in [4.69, 9.17) is 21.1 Å². The van der Waals surface area contributed by atoms with Crippen LogP contribution < -0.4 is 25.4 Å². The third-order valence-electron chi connectivity index (χ3n) is 6.63. The largest absolute Gasteiger partial charge is 0.497 e. The highest BCUT2D eigenvalue weighted by atomic mass is 35.5. The zero-order valence-electron chi connectivity index (χ0n) is 25.3. The summed E-state index contributed by atoms with van der Waals surface area (Å²) in [6.45, 7) is 0. The number of thiazole rings is 1. The van der Waals surface area contributed by atoms with Gasteiger partial charge in [0, 0.05) is 43.7 Å². The van der Waals surface area contributed by atoms with E-state index in [9.17, 15) is 14.4 Å². The van der Waals surface area contributed by atoms with Crippen molar-refractivity contribution in [2.24, 2.45) is 0 Å². The van der Waals surface area contributed by atoms with Crippen molar-refractivity contribution < 1.29 is 23.9 Å². The van der Waals surface area contributed by atoms with Crippen LogP contribution in [-0.2, 0) is 9.59 Å². The molecule has 0 aliphatic heterocycles. The molecule has 0 saturated heterocycles. The lowest BCUT2D eigenvalue weighted by Gasteiger charge is -2.13. The number of aromatic nitrogens is 1. The Hall–Kier alpha value is -5.10. The molecule has 0 aliphatic rings. The quantitative estimate of drug-likeness (QED) is 0.0914. The van der Waals surface area contributed by atoms with E-state index in [2.05, 4.69) is 20.9 Å². The summed E-state index contributed by atoms with van der Waals surface area (Å²) in [4.78, 5) is 44.6. The summed E-state index contributed by atoms with van der Waals surface area (Å²) in [6.07, 6.45) is 1.53. The van der Waals surface area contributed by atoms with Gasteiger partial charge in [-0.15, -0.1) is 23.1 Å². The van der Waals surface area contributed by atoms with Crippen LogP contribution in [0.4, 0.5) is 10.8 Å². The lowest BCUT2D eigenvalue weighted by Crippen LogP contribution is -2.30. The molecule has 47 heavy (non-hydrogen) atoms. The normalized spacial score (nSPS) is 11.0. The minimum atomic E-state index is -0.551. The Balaban J connectivity index is 1.27. The van der Waals surface area contributed by atoms with Crippen molar-refractivity contribution in [3.05, 3.63) is 124 Å². The molecule has 0 radical (unpaired) electrons. The first kappa shape index (κ1) is 33.3. The molecule has 0 unspecified atom stereocenters. The van der Waals surface area contributed by atoms with Crippen LogP contribution >= 0.6 is 34.7 Å². The zero-order chi connectivity index (χ0) is 33.2.